The first-order valence-electron chi connectivity index (χ1n) is 8.79. The van der Waals surface area contributed by atoms with E-state index in [0.29, 0.717) is 16.9 Å². The van der Waals surface area contributed by atoms with E-state index in [0.717, 1.165) is 10.4 Å². The van der Waals surface area contributed by atoms with E-state index in [1.54, 1.807) is 18.2 Å². The molecule has 0 aromatic heterocycles. The van der Waals surface area contributed by atoms with E-state index in [2.05, 4.69) is 30.8 Å². The van der Waals surface area contributed by atoms with E-state index < -0.39 is 8.32 Å². The van der Waals surface area contributed by atoms with Gasteiger partial charge in [0.15, 0.2) is 11.6 Å². The SMILES string of the molecule is C[Si](Oc1ccc2c(c1)C(=O)C=CC2=O)(c1ccccc1)c1ccccc1. The smallest absolute Gasteiger partial charge is 0.311 e. The lowest BCUT2D eigenvalue weighted by Gasteiger charge is -2.29. The van der Waals surface area contributed by atoms with Gasteiger partial charge in [-0.15, -0.1) is 0 Å². The normalized spacial score (nSPS) is 13.4. The van der Waals surface area contributed by atoms with Gasteiger partial charge in [-0.2, -0.15) is 0 Å². The van der Waals surface area contributed by atoms with E-state index in [1.807, 2.05) is 36.4 Å². The van der Waals surface area contributed by atoms with Crippen LogP contribution in [0.2, 0.25) is 6.55 Å². The second-order valence-corrected chi connectivity index (χ2v) is 10.1. The Bertz CT molecular complexity index is 1000. The van der Waals surface area contributed by atoms with Crippen molar-refractivity contribution in [3.8, 4) is 5.75 Å². The number of hydrogen-bond acceptors (Lipinski definition) is 3. The molecular weight excluding hydrogens is 352 g/mol. The summed E-state index contributed by atoms with van der Waals surface area (Å²) in [7, 11) is -2.54. The number of benzene rings is 3. The third-order valence-corrected chi connectivity index (χ3v) is 8.39. The first kappa shape index (κ1) is 17.2. The fourth-order valence-electron chi connectivity index (χ4n) is 3.37. The van der Waals surface area contributed by atoms with Gasteiger partial charge in [-0.05, 0) is 47.3 Å². The fourth-order valence-corrected chi connectivity index (χ4v) is 6.19. The number of allylic oxidation sites excluding steroid dienone is 2. The van der Waals surface area contributed by atoms with Crippen LogP contribution in [0.3, 0.4) is 0 Å². The van der Waals surface area contributed by atoms with E-state index in [1.165, 1.54) is 12.2 Å². The van der Waals surface area contributed by atoms with Crippen LogP contribution in [-0.4, -0.2) is 19.9 Å². The molecule has 0 N–H and O–H groups in total. The van der Waals surface area contributed by atoms with Gasteiger partial charge in [0.2, 0.25) is 0 Å². The summed E-state index contributed by atoms with van der Waals surface area (Å²) in [4.78, 5) is 24.2. The molecule has 1 aliphatic carbocycles. The Balaban J connectivity index is 1.79. The Hall–Kier alpha value is -3.24. The van der Waals surface area contributed by atoms with E-state index >= 15 is 0 Å². The minimum atomic E-state index is -2.54. The summed E-state index contributed by atoms with van der Waals surface area (Å²) in [5, 5.41) is 2.27. The third kappa shape index (κ3) is 3.15. The molecule has 0 heterocycles. The summed E-state index contributed by atoms with van der Waals surface area (Å²) in [5.41, 5.74) is 0.829. The minimum Gasteiger partial charge on any atom is -0.535 e. The predicted octanol–water partition coefficient (Wildman–Crippen LogP) is 3.39. The van der Waals surface area contributed by atoms with Crippen LogP contribution < -0.4 is 14.8 Å². The monoisotopic (exact) mass is 370 g/mol. The Morgan fingerprint density at radius 2 is 1.19 bits per heavy atom. The molecular formula is C23H18O3Si. The number of rotatable bonds is 4. The number of hydrogen-bond donors (Lipinski definition) is 0. The molecule has 0 aliphatic heterocycles. The summed E-state index contributed by atoms with van der Waals surface area (Å²) >= 11 is 0. The maximum Gasteiger partial charge on any atom is 0.311 e. The highest BCUT2D eigenvalue weighted by molar-refractivity contribution is 6.97. The zero-order valence-electron chi connectivity index (χ0n) is 14.9. The standard InChI is InChI=1S/C23H18O3Si/c1-27(18-8-4-2-5-9-18,19-10-6-3-7-11-19)26-17-12-13-20-21(16-17)23(25)15-14-22(20)24/h2-16H,1H3. The van der Waals surface area contributed by atoms with Crippen molar-refractivity contribution < 1.29 is 14.0 Å². The lowest BCUT2D eigenvalue weighted by atomic mass is 9.95. The van der Waals surface area contributed by atoms with Crippen LogP contribution in [0.5, 0.6) is 5.75 Å². The molecule has 0 unspecified atom stereocenters. The predicted molar refractivity (Wildman–Crippen MR) is 109 cm³/mol. The number of fused-ring (bicyclic) bond motifs is 1. The molecule has 0 amide bonds. The number of ketones is 2. The van der Waals surface area contributed by atoms with Crippen molar-refractivity contribution in [2.75, 3.05) is 0 Å². The quantitative estimate of drug-likeness (QED) is 0.661. The summed E-state index contributed by atoms with van der Waals surface area (Å²) in [6.45, 7) is 2.14. The summed E-state index contributed by atoms with van der Waals surface area (Å²) in [5.74, 6) is 0.284. The Morgan fingerprint density at radius 3 is 1.74 bits per heavy atom. The molecule has 132 valence electrons. The van der Waals surface area contributed by atoms with Crippen LogP contribution in [0.15, 0.2) is 91.0 Å². The molecule has 4 rings (SSSR count). The number of carbonyl (C=O) groups excluding carboxylic acids is 2. The van der Waals surface area contributed by atoms with Gasteiger partial charge in [0, 0.05) is 11.1 Å². The van der Waals surface area contributed by atoms with E-state index in [-0.39, 0.29) is 11.6 Å². The second kappa shape index (κ2) is 6.82. The van der Waals surface area contributed by atoms with Crippen molar-refractivity contribution in [1.82, 2.24) is 0 Å². The average Bonchev–Trinajstić information content (AvgIpc) is 2.72. The van der Waals surface area contributed by atoms with Gasteiger partial charge in [-0.3, -0.25) is 9.59 Å². The summed E-state index contributed by atoms with van der Waals surface area (Å²) in [6.07, 6.45) is 2.64. The van der Waals surface area contributed by atoms with Gasteiger partial charge in [0.05, 0.1) is 0 Å². The molecule has 0 spiro atoms. The topological polar surface area (TPSA) is 43.4 Å². The maximum atomic E-state index is 12.2. The van der Waals surface area contributed by atoms with Gasteiger partial charge in [-0.25, -0.2) is 0 Å². The number of carbonyl (C=O) groups is 2. The van der Waals surface area contributed by atoms with Crippen LogP contribution in [0, 0.1) is 0 Å². The van der Waals surface area contributed by atoms with Gasteiger partial charge in [-0.1, -0.05) is 60.7 Å². The average molecular weight is 370 g/mol. The fraction of sp³-hybridized carbons (Fsp3) is 0.0435. The molecule has 1 aliphatic rings. The first-order chi connectivity index (χ1) is 13.1. The van der Waals surface area contributed by atoms with Crippen molar-refractivity contribution in [2.24, 2.45) is 0 Å². The van der Waals surface area contributed by atoms with Crippen molar-refractivity contribution in [1.29, 1.82) is 0 Å². The van der Waals surface area contributed by atoms with Crippen LogP contribution in [0.25, 0.3) is 0 Å². The molecule has 0 fully saturated rings. The third-order valence-electron chi connectivity index (χ3n) is 4.88. The Morgan fingerprint density at radius 1 is 0.667 bits per heavy atom. The molecule has 4 heteroatoms. The van der Waals surface area contributed by atoms with Gasteiger partial charge in [0.1, 0.15) is 5.75 Å². The van der Waals surface area contributed by atoms with Gasteiger partial charge >= 0.3 is 8.32 Å². The van der Waals surface area contributed by atoms with Gasteiger partial charge in [0.25, 0.3) is 0 Å². The van der Waals surface area contributed by atoms with Crippen molar-refractivity contribution in [2.45, 2.75) is 6.55 Å². The molecule has 0 radical (unpaired) electrons. The highest BCUT2D eigenvalue weighted by Gasteiger charge is 2.36. The molecule has 3 aromatic rings. The summed E-state index contributed by atoms with van der Waals surface area (Å²) < 4.78 is 6.58. The maximum absolute atomic E-state index is 12.2. The molecule has 27 heavy (non-hydrogen) atoms. The zero-order chi connectivity index (χ0) is 18.9. The molecule has 0 atom stereocenters. The molecule has 0 bridgehead atoms. The lowest BCUT2D eigenvalue weighted by molar-refractivity contribution is 0.0994. The van der Waals surface area contributed by atoms with E-state index in [9.17, 15) is 9.59 Å². The Labute approximate surface area is 159 Å². The molecule has 3 aromatic carbocycles. The molecule has 3 nitrogen and oxygen atoms in total. The van der Waals surface area contributed by atoms with E-state index in [4.69, 9.17) is 4.43 Å². The van der Waals surface area contributed by atoms with Crippen LogP contribution >= 0.6 is 0 Å². The van der Waals surface area contributed by atoms with Crippen LogP contribution in [0.4, 0.5) is 0 Å². The largest absolute Gasteiger partial charge is 0.535 e. The second-order valence-electron chi connectivity index (χ2n) is 6.64. The van der Waals surface area contributed by atoms with Crippen LogP contribution in [-0.2, 0) is 0 Å². The van der Waals surface area contributed by atoms with Crippen molar-refractivity contribution in [3.63, 3.8) is 0 Å². The van der Waals surface area contributed by atoms with Gasteiger partial charge < -0.3 is 4.43 Å². The lowest BCUT2D eigenvalue weighted by Crippen LogP contribution is -2.60. The first-order valence-corrected chi connectivity index (χ1v) is 11.2. The summed E-state index contributed by atoms with van der Waals surface area (Å²) in [6, 6.07) is 25.5. The highest BCUT2D eigenvalue weighted by atomic mass is 28.4. The van der Waals surface area contributed by atoms with Crippen molar-refractivity contribution >= 4 is 30.3 Å². The highest BCUT2D eigenvalue weighted by Crippen LogP contribution is 2.24. The molecule has 0 saturated heterocycles. The molecule has 0 saturated carbocycles. The van der Waals surface area contributed by atoms with Crippen molar-refractivity contribution in [3.05, 3.63) is 102 Å². The zero-order valence-corrected chi connectivity index (χ0v) is 15.9. The minimum absolute atomic E-state index is 0.151. The van der Waals surface area contributed by atoms with Crippen LogP contribution in [0.1, 0.15) is 20.7 Å². The Kier molecular flexibility index (Phi) is 4.34.